The Morgan fingerprint density at radius 3 is 2.42 bits per heavy atom. The Balaban J connectivity index is 2.77. The number of carbonyl (C=O) groups excluding carboxylic acids is 2. The lowest BCUT2D eigenvalue weighted by Crippen LogP contribution is -2.43. The van der Waals surface area contributed by atoms with Crippen LogP contribution in [0.15, 0.2) is 24.3 Å². The van der Waals surface area contributed by atoms with Crippen LogP contribution in [0.3, 0.4) is 0 Å². The molecule has 0 saturated carbocycles. The van der Waals surface area contributed by atoms with Crippen LogP contribution in [0.1, 0.15) is 50.8 Å². The molecule has 0 aromatic heterocycles. The molecule has 1 unspecified atom stereocenters. The van der Waals surface area contributed by atoms with Crippen molar-refractivity contribution in [2.24, 2.45) is 5.41 Å². The van der Waals surface area contributed by atoms with Gasteiger partial charge in [0.05, 0.1) is 6.61 Å². The molecule has 1 amide bonds. The van der Waals surface area contributed by atoms with Gasteiger partial charge in [-0.05, 0) is 55.4 Å². The molecule has 1 N–H and O–H groups in total. The molecular weight excluding hydrogens is 302 g/mol. The fraction of sp³-hybridized carbons (Fsp3) is 0.500. The quantitative estimate of drug-likeness (QED) is 0.637. The molecule has 1 aromatic carbocycles. The van der Waals surface area contributed by atoms with Crippen molar-refractivity contribution in [1.82, 2.24) is 5.32 Å². The van der Waals surface area contributed by atoms with E-state index in [2.05, 4.69) is 5.32 Å². The number of carbonyl (C=O) groups is 2. The molecule has 1 rings (SSSR count). The highest BCUT2D eigenvalue weighted by Gasteiger charge is 2.26. The fourth-order valence-corrected chi connectivity index (χ4v) is 2.31. The number of amides is 1. The lowest BCUT2D eigenvalue weighted by Gasteiger charge is -2.25. The average Bonchev–Trinajstić information content (AvgIpc) is 2.46. The van der Waals surface area contributed by atoms with E-state index in [0.29, 0.717) is 13.0 Å². The maximum absolute atomic E-state index is 12.2. The summed E-state index contributed by atoms with van der Waals surface area (Å²) in [6, 6.07) is 5.37. The third kappa shape index (κ3) is 6.99. The summed E-state index contributed by atoms with van der Waals surface area (Å²) in [6.07, 6.45) is 3.73. The Hall–Kier alpha value is -2.10. The maximum atomic E-state index is 12.2. The van der Waals surface area contributed by atoms with Gasteiger partial charge in [0.1, 0.15) is 6.04 Å². The van der Waals surface area contributed by atoms with Crippen LogP contribution in [0, 0.1) is 19.3 Å². The highest BCUT2D eigenvalue weighted by atomic mass is 16.5. The largest absolute Gasteiger partial charge is 0.464 e. The summed E-state index contributed by atoms with van der Waals surface area (Å²) < 4.78 is 5.06. The predicted molar refractivity (Wildman–Crippen MR) is 97.6 cm³/mol. The molecule has 0 bridgehead atoms. The van der Waals surface area contributed by atoms with E-state index >= 15 is 0 Å². The monoisotopic (exact) mass is 331 g/mol. The van der Waals surface area contributed by atoms with E-state index in [4.69, 9.17) is 4.74 Å². The summed E-state index contributed by atoms with van der Waals surface area (Å²) in [7, 11) is 0. The molecule has 0 fully saturated rings. The molecule has 0 aliphatic rings. The molecule has 0 saturated heterocycles. The molecule has 0 aliphatic heterocycles. The molecule has 1 atom stereocenters. The van der Waals surface area contributed by atoms with E-state index in [1.807, 2.05) is 52.8 Å². The lowest BCUT2D eigenvalue weighted by molar-refractivity contribution is -0.147. The number of rotatable bonds is 6. The summed E-state index contributed by atoms with van der Waals surface area (Å²) >= 11 is 0. The molecule has 24 heavy (non-hydrogen) atoms. The molecule has 0 radical (unpaired) electrons. The molecule has 0 spiro atoms. The van der Waals surface area contributed by atoms with Gasteiger partial charge in [-0.2, -0.15) is 0 Å². The number of aryl methyl sites for hydroxylation is 2. The second-order valence-corrected chi connectivity index (χ2v) is 7.26. The first-order valence-corrected chi connectivity index (χ1v) is 8.35. The minimum atomic E-state index is -0.637. The lowest BCUT2D eigenvalue weighted by atomic mass is 9.88. The smallest absolute Gasteiger partial charge is 0.328 e. The molecular formula is C20H29NO3. The highest BCUT2D eigenvalue weighted by molar-refractivity contribution is 5.94. The summed E-state index contributed by atoms with van der Waals surface area (Å²) in [6.45, 7) is 12.2. The van der Waals surface area contributed by atoms with Gasteiger partial charge < -0.3 is 10.1 Å². The van der Waals surface area contributed by atoms with Crippen LogP contribution in [0.4, 0.5) is 0 Å². The fourth-order valence-electron chi connectivity index (χ4n) is 2.31. The summed E-state index contributed by atoms with van der Waals surface area (Å²) in [5, 5.41) is 2.75. The van der Waals surface area contributed by atoms with Gasteiger partial charge in [-0.1, -0.05) is 39.0 Å². The van der Waals surface area contributed by atoms with Gasteiger partial charge in [0, 0.05) is 6.08 Å². The van der Waals surface area contributed by atoms with Gasteiger partial charge in [-0.3, -0.25) is 4.79 Å². The first-order chi connectivity index (χ1) is 11.1. The summed E-state index contributed by atoms with van der Waals surface area (Å²) in [5.74, 6) is -0.684. The zero-order valence-electron chi connectivity index (χ0n) is 15.6. The molecule has 0 aliphatic carbocycles. The van der Waals surface area contributed by atoms with E-state index in [9.17, 15) is 9.59 Å². The molecule has 132 valence electrons. The number of esters is 1. The van der Waals surface area contributed by atoms with E-state index in [0.717, 1.165) is 5.56 Å². The third-order valence-electron chi connectivity index (χ3n) is 3.66. The Morgan fingerprint density at radius 2 is 1.88 bits per heavy atom. The Bertz CT molecular complexity index is 612. The van der Waals surface area contributed by atoms with Gasteiger partial charge in [-0.25, -0.2) is 4.79 Å². The van der Waals surface area contributed by atoms with Crippen LogP contribution in [0.2, 0.25) is 0 Å². The van der Waals surface area contributed by atoms with E-state index in [-0.39, 0.29) is 17.3 Å². The van der Waals surface area contributed by atoms with Crippen molar-refractivity contribution >= 4 is 18.0 Å². The topological polar surface area (TPSA) is 55.4 Å². The molecule has 4 nitrogen and oxygen atoms in total. The number of hydrogen-bond donors (Lipinski definition) is 1. The number of ether oxygens (including phenoxy) is 1. The molecule has 4 heteroatoms. The van der Waals surface area contributed by atoms with E-state index in [1.54, 1.807) is 13.0 Å². The van der Waals surface area contributed by atoms with Crippen LogP contribution >= 0.6 is 0 Å². The average molecular weight is 331 g/mol. The van der Waals surface area contributed by atoms with Gasteiger partial charge in [-0.15, -0.1) is 0 Å². The van der Waals surface area contributed by atoms with Crippen LogP contribution < -0.4 is 5.32 Å². The van der Waals surface area contributed by atoms with Crippen molar-refractivity contribution in [2.75, 3.05) is 6.61 Å². The first-order valence-electron chi connectivity index (χ1n) is 8.35. The van der Waals surface area contributed by atoms with Gasteiger partial charge in [0.25, 0.3) is 0 Å². The summed E-state index contributed by atoms with van der Waals surface area (Å²) in [5.41, 5.74) is 3.25. The van der Waals surface area contributed by atoms with E-state index < -0.39 is 6.04 Å². The standard InChI is InChI=1S/C20H29NO3/c1-7-24-19(23)17(13-20(4,5)6)21-18(22)11-10-16-9-8-14(2)15(3)12-16/h8-12,17H,7,13H2,1-6H3,(H,21,22)/b11-10+. The van der Waals surface area contributed by atoms with Crippen molar-refractivity contribution < 1.29 is 14.3 Å². The number of nitrogens with one attached hydrogen (secondary N) is 1. The highest BCUT2D eigenvalue weighted by Crippen LogP contribution is 2.21. The zero-order chi connectivity index (χ0) is 18.3. The SMILES string of the molecule is CCOC(=O)C(CC(C)(C)C)NC(=O)/C=C/c1ccc(C)c(C)c1. The van der Waals surface area contributed by atoms with Crippen molar-refractivity contribution in [3.8, 4) is 0 Å². The van der Waals surface area contributed by atoms with Crippen molar-refractivity contribution in [1.29, 1.82) is 0 Å². The zero-order valence-corrected chi connectivity index (χ0v) is 15.6. The van der Waals surface area contributed by atoms with Crippen LogP contribution in [-0.4, -0.2) is 24.5 Å². The van der Waals surface area contributed by atoms with Crippen molar-refractivity contribution in [2.45, 2.75) is 54.0 Å². The van der Waals surface area contributed by atoms with Crippen LogP contribution in [-0.2, 0) is 14.3 Å². The third-order valence-corrected chi connectivity index (χ3v) is 3.66. The van der Waals surface area contributed by atoms with Crippen LogP contribution in [0.5, 0.6) is 0 Å². The Labute approximate surface area is 145 Å². The number of benzene rings is 1. The Morgan fingerprint density at radius 1 is 1.21 bits per heavy atom. The minimum absolute atomic E-state index is 0.0948. The molecule has 0 heterocycles. The van der Waals surface area contributed by atoms with Gasteiger partial charge >= 0.3 is 5.97 Å². The summed E-state index contributed by atoms with van der Waals surface area (Å²) in [4.78, 5) is 24.2. The van der Waals surface area contributed by atoms with Gasteiger partial charge in [0.2, 0.25) is 5.91 Å². The maximum Gasteiger partial charge on any atom is 0.328 e. The second kappa shape index (κ2) is 8.67. The molecule has 1 aromatic rings. The number of hydrogen-bond acceptors (Lipinski definition) is 3. The van der Waals surface area contributed by atoms with Crippen molar-refractivity contribution in [3.05, 3.63) is 41.0 Å². The Kier molecular flexibility index (Phi) is 7.20. The first kappa shape index (κ1) is 19.9. The van der Waals surface area contributed by atoms with Crippen molar-refractivity contribution in [3.63, 3.8) is 0 Å². The van der Waals surface area contributed by atoms with E-state index in [1.165, 1.54) is 17.2 Å². The van der Waals surface area contributed by atoms with Crippen LogP contribution in [0.25, 0.3) is 6.08 Å². The predicted octanol–water partition coefficient (Wildman–Crippen LogP) is 3.80. The minimum Gasteiger partial charge on any atom is -0.464 e. The normalized spacial score (nSPS) is 12.9. The second-order valence-electron chi connectivity index (χ2n) is 7.26. The van der Waals surface area contributed by atoms with Gasteiger partial charge in [0.15, 0.2) is 0 Å².